The Kier molecular flexibility index (Phi) is 4.21. The molecule has 19 heavy (non-hydrogen) atoms. The molecular weight excluding hydrogens is 236 g/mol. The predicted molar refractivity (Wildman–Crippen MR) is 74.5 cm³/mol. The van der Waals surface area contributed by atoms with Crippen molar-refractivity contribution in [3.05, 3.63) is 35.4 Å². The molecule has 0 bridgehead atoms. The molecule has 0 radical (unpaired) electrons. The van der Waals surface area contributed by atoms with Crippen LogP contribution in [0.3, 0.4) is 0 Å². The maximum Gasteiger partial charge on any atom is 0.229 e. The summed E-state index contributed by atoms with van der Waals surface area (Å²) in [6.45, 7) is 2.35. The number of nitrogens with zero attached hydrogens (tertiary/aromatic N) is 2. The van der Waals surface area contributed by atoms with E-state index in [4.69, 9.17) is 5.26 Å². The first kappa shape index (κ1) is 13.6. The van der Waals surface area contributed by atoms with Crippen LogP contribution in [0.2, 0.25) is 0 Å². The first-order valence-corrected chi connectivity index (χ1v) is 6.86. The summed E-state index contributed by atoms with van der Waals surface area (Å²) in [5.41, 5.74) is 2.48. The molecule has 1 aromatic carbocycles. The molecule has 0 spiro atoms. The second kappa shape index (κ2) is 5.88. The van der Waals surface area contributed by atoms with Gasteiger partial charge in [-0.15, -0.1) is 0 Å². The fourth-order valence-corrected chi connectivity index (χ4v) is 2.82. The summed E-state index contributed by atoms with van der Waals surface area (Å²) in [4.78, 5) is 14.2. The average molecular weight is 256 g/mol. The summed E-state index contributed by atoms with van der Waals surface area (Å²) in [7, 11) is 1.80. The topological polar surface area (TPSA) is 44.1 Å². The first-order valence-electron chi connectivity index (χ1n) is 6.86. The number of rotatable bonds is 3. The highest BCUT2D eigenvalue weighted by Crippen LogP contribution is 2.32. The van der Waals surface area contributed by atoms with Crippen LogP contribution < -0.4 is 0 Å². The SMILES string of the molecule is CC(C#N)CN(C)C(=O)C1CCCc2ccccc21. The van der Waals surface area contributed by atoms with E-state index in [1.54, 1.807) is 11.9 Å². The van der Waals surface area contributed by atoms with Crippen LogP contribution in [0.25, 0.3) is 0 Å². The van der Waals surface area contributed by atoms with Crippen LogP contribution in [-0.4, -0.2) is 24.4 Å². The van der Waals surface area contributed by atoms with Crippen molar-refractivity contribution in [3.63, 3.8) is 0 Å². The van der Waals surface area contributed by atoms with E-state index in [2.05, 4.69) is 18.2 Å². The summed E-state index contributed by atoms with van der Waals surface area (Å²) in [6, 6.07) is 10.4. The third kappa shape index (κ3) is 2.96. The molecule has 1 aliphatic carbocycles. The summed E-state index contributed by atoms with van der Waals surface area (Å²) < 4.78 is 0. The van der Waals surface area contributed by atoms with E-state index in [1.807, 2.05) is 19.1 Å². The van der Waals surface area contributed by atoms with Crippen LogP contribution in [0.15, 0.2) is 24.3 Å². The smallest absolute Gasteiger partial charge is 0.229 e. The normalized spacial score (nSPS) is 19.1. The van der Waals surface area contributed by atoms with Gasteiger partial charge in [0.05, 0.1) is 17.9 Å². The second-order valence-electron chi connectivity index (χ2n) is 5.39. The molecule has 0 aromatic heterocycles. The zero-order valence-corrected chi connectivity index (χ0v) is 11.6. The van der Waals surface area contributed by atoms with Gasteiger partial charge in [0.15, 0.2) is 0 Å². The van der Waals surface area contributed by atoms with Gasteiger partial charge in [-0.2, -0.15) is 5.26 Å². The molecule has 0 saturated heterocycles. The summed E-state index contributed by atoms with van der Waals surface area (Å²) in [5.74, 6) is 0.00266. The lowest BCUT2D eigenvalue weighted by Crippen LogP contribution is -2.36. The predicted octanol–water partition coefficient (Wildman–Crippen LogP) is 2.72. The van der Waals surface area contributed by atoms with Crippen LogP contribution in [-0.2, 0) is 11.2 Å². The molecule has 0 saturated carbocycles. The first-order chi connectivity index (χ1) is 9.13. The van der Waals surface area contributed by atoms with Gasteiger partial charge in [-0.25, -0.2) is 0 Å². The maximum atomic E-state index is 12.5. The van der Waals surface area contributed by atoms with Crippen molar-refractivity contribution in [2.75, 3.05) is 13.6 Å². The quantitative estimate of drug-likeness (QED) is 0.834. The average Bonchev–Trinajstić information content (AvgIpc) is 2.45. The molecule has 0 N–H and O–H groups in total. The van der Waals surface area contributed by atoms with Crippen molar-refractivity contribution >= 4 is 5.91 Å². The minimum absolute atomic E-state index is 0.0270. The number of carbonyl (C=O) groups excluding carboxylic acids is 1. The standard InChI is InChI=1S/C16H20N2O/c1-12(10-17)11-18(2)16(19)15-9-5-7-13-6-3-4-8-14(13)15/h3-4,6,8,12,15H,5,7,9,11H2,1-2H3. The molecule has 2 rings (SSSR count). The lowest BCUT2D eigenvalue weighted by Gasteiger charge is -2.29. The van der Waals surface area contributed by atoms with Crippen molar-refractivity contribution in [1.82, 2.24) is 4.90 Å². The molecule has 0 fully saturated rings. The van der Waals surface area contributed by atoms with Crippen molar-refractivity contribution < 1.29 is 4.79 Å². The number of carbonyl (C=O) groups is 1. The monoisotopic (exact) mass is 256 g/mol. The van der Waals surface area contributed by atoms with E-state index in [1.165, 1.54) is 11.1 Å². The third-order valence-electron chi connectivity index (χ3n) is 3.81. The zero-order chi connectivity index (χ0) is 13.8. The van der Waals surface area contributed by atoms with Gasteiger partial charge in [-0.1, -0.05) is 24.3 Å². The summed E-state index contributed by atoms with van der Waals surface area (Å²) in [6.07, 6.45) is 3.05. The van der Waals surface area contributed by atoms with Crippen molar-refractivity contribution in [1.29, 1.82) is 5.26 Å². The van der Waals surface area contributed by atoms with Crippen LogP contribution in [0, 0.1) is 17.2 Å². The Morgan fingerprint density at radius 3 is 3.00 bits per heavy atom. The van der Waals surface area contributed by atoms with Crippen molar-refractivity contribution in [3.8, 4) is 6.07 Å². The second-order valence-corrected chi connectivity index (χ2v) is 5.39. The molecule has 3 nitrogen and oxygen atoms in total. The molecule has 2 unspecified atom stereocenters. The molecule has 3 heteroatoms. The van der Waals surface area contributed by atoms with E-state index in [0.29, 0.717) is 6.54 Å². The number of fused-ring (bicyclic) bond motifs is 1. The van der Waals surface area contributed by atoms with E-state index < -0.39 is 0 Å². The highest BCUT2D eigenvalue weighted by atomic mass is 16.2. The van der Waals surface area contributed by atoms with E-state index in [0.717, 1.165) is 19.3 Å². The molecule has 1 amide bonds. The fraction of sp³-hybridized carbons (Fsp3) is 0.500. The Balaban J connectivity index is 2.15. The van der Waals surface area contributed by atoms with Gasteiger partial charge in [0, 0.05) is 13.6 Å². The lowest BCUT2D eigenvalue weighted by atomic mass is 9.82. The van der Waals surface area contributed by atoms with Gasteiger partial charge < -0.3 is 4.90 Å². The maximum absolute atomic E-state index is 12.5. The van der Waals surface area contributed by atoms with Gasteiger partial charge in [0.25, 0.3) is 0 Å². The number of nitriles is 1. The number of hydrogen-bond donors (Lipinski definition) is 0. The van der Waals surface area contributed by atoms with Crippen LogP contribution in [0.4, 0.5) is 0 Å². The molecule has 2 atom stereocenters. The van der Waals surface area contributed by atoms with Crippen molar-refractivity contribution in [2.45, 2.75) is 32.1 Å². The Morgan fingerprint density at radius 1 is 1.53 bits per heavy atom. The van der Waals surface area contributed by atoms with Crippen LogP contribution in [0.5, 0.6) is 0 Å². The highest BCUT2D eigenvalue weighted by molar-refractivity contribution is 5.84. The van der Waals surface area contributed by atoms with E-state index in [-0.39, 0.29) is 17.7 Å². The minimum atomic E-state index is -0.118. The fourth-order valence-electron chi connectivity index (χ4n) is 2.82. The lowest BCUT2D eigenvalue weighted by molar-refractivity contribution is -0.132. The van der Waals surface area contributed by atoms with E-state index in [9.17, 15) is 4.79 Å². The van der Waals surface area contributed by atoms with Crippen molar-refractivity contribution in [2.24, 2.45) is 5.92 Å². The molecule has 1 aromatic rings. The third-order valence-corrected chi connectivity index (χ3v) is 3.81. The Labute approximate surface area is 114 Å². The number of amides is 1. The Morgan fingerprint density at radius 2 is 2.26 bits per heavy atom. The summed E-state index contributed by atoms with van der Waals surface area (Å²) in [5, 5.41) is 8.85. The highest BCUT2D eigenvalue weighted by Gasteiger charge is 2.28. The molecule has 100 valence electrons. The van der Waals surface area contributed by atoms with E-state index >= 15 is 0 Å². The van der Waals surface area contributed by atoms with Gasteiger partial charge >= 0.3 is 0 Å². The Hall–Kier alpha value is -1.82. The number of likely N-dealkylation sites (N-methyl/N-ethyl adjacent to an activating group) is 1. The number of hydrogen-bond acceptors (Lipinski definition) is 2. The van der Waals surface area contributed by atoms with Gasteiger partial charge in [-0.3, -0.25) is 4.79 Å². The van der Waals surface area contributed by atoms with Crippen LogP contribution in [0.1, 0.15) is 36.8 Å². The number of aryl methyl sites for hydroxylation is 1. The van der Waals surface area contributed by atoms with Gasteiger partial charge in [0.1, 0.15) is 0 Å². The Bertz CT molecular complexity index is 504. The minimum Gasteiger partial charge on any atom is -0.344 e. The number of benzene rings is 1. The molecule has 1 aliphatic rings. The zero-order valence-electron chi connectivity index (χ0n) is 11.6. The molecular formula is C16H20N2O. The largest absolute Gasteiger partial charge is 0.344 e. The molecule has 0 heterocycles. The van der Waals surface area contributed by atoms with Gasteiger partial charge in [0.2, 0.25) is 5.91 Å². The molecule has 0 aliphatic heterocycles. The summed E-state index contributed by atoms with van der Waals surface area (Å²) >= 11 is 0. The van der Waals surface area contributed by atoms with Gasteiger partial charge in [-0.05, 0) is 37.3 Å². The van der Waals surface area contributed by atoms with Crippen LogP contribution >= 0.6 is 0 Å².